The number of rotatable bonds is 1. The van der Waals surface area contributed by atoms with Crippen molar-refractivity contribution < 1.29 is 0 Å². The zero-order valence-corrected chi connectivity index (χ0v) is 10.3. The van der Waals surface area contributed by atoms with Gasteiger partial charge in [0.15, 0.2) is 0 Å². The first kappa shape index (κ1) is 9.79. The number of fused-ring (bicyclic) bond motifs is 1. The number of aryl methyl sites for hydroxylation is 1. The second kappa shape index (κ2) is 2.83. The van der Waals surface area contributed by atoms with Crippen molar-refractivity contribution >= 4 is 11.3 Å². The molecule has 2 nitrogen and oxygen atoms in total. The third kappa shape index (κ3) is 1.29. The molecule has 0 radical (unpaired) electrons. The average Bonchev–Trinajstić information content (AvgIpc) is 2.64. The minimum atomic E-state index is -0.0644. The fourth-order valence-corrected chi connectivity index (χ4v) is 3.98. The standard InChI is InChI=1S/C12H18N2S/c1-11(2)7-4-8-9(11)14-10(15-8)12(13)5-3-6-12/h3-7,13H2,1-2H3. The molecule has 0 unspecified atom stereocenters. The maximum atomic E-state index is 6.32. The quantitative estimate of drug-likeness (QED) is 0.793. The van der Waals surface area contributed by atoms with E-state index in [1.165, 1.54) is 34.8 Å². The van der Waals surface area contributed by atoms with Crippen LogP contribution in [0.3, 0.4) is 0 Å². The zero-order chi connectivity index (χ0) is 10.7. The van der Waals surface area contributed by atoms with Crippen LogP contribution in [-0.2, 0) is 17.4 Å². The Kier molecular flexibility index (Phi) is 1.85. The van der Waals surface area contributed by atoms with Gasteiger partial charge in [-0.3, -0.25) is 0 Å². The average molecular weight is 222 g/mol. The third-order valence-corrected chi connectivity index (χ3v) is 5.32. The molecule has 0 atom stereocenters. The summed E-state index contributed by atoms with van der Waals surface area (Å²) in [5.74, 6) is 0. The second-order valence-corrected chi connectivity index (χ2v) is 6.77. The normalized spacial score (nSPS) is 26.1. The van der Waals surface area contributed by atoms with Gasteiger partial charge in [-0.15, -0.1) is 11.3 Å². The van der Waals surface area contributed by atoms with Gasteiger partial charge in [-0.05, 0) is 32.1 Å². The molecule has 82 valence electrons. The first-order valence-corrected chi connectivity index (χ1v) is 6.62. The van der Waals surface area contributed by atoms with Gasteiger partial charge < -0.3 is 5.73 Å². The Morgan fingerprint density at radius 1 is 1.27 bits per heavy atom. The van der Waals surface area contributed by atoms with Gasteiger partial charge in [0.25, 0.3) is 0 Å². The molecule has 0 bridgehead atoms. The summed E-state index contributed by atoms with van der Waals surface area (Å²) in [6, 6.07) is 0. The number of nitrogens with zero attached hydrogens (tertiary/aromatic N) is 1. The lowest BCUT2D eigenvalue weighted by molar-refractivity contribution is 0.252. The van der Waals surface area contributed by atoms with Crippen LogP contribution < -0.4 is 5.73 Å². The van der Waals surface area contributed by atoms with E-state index in [4.69, 9.17) is 10.7 Å². The number of aromatic nitrogens is 1. The summed E-state index contributed by atoms with van der Waals surface area (Å²) >= 11 is 1.87. The van der Waals surface area contributed by atoms with Gasteiger partial charge in [0, 0.05) is 10.3 Å². The minimum absolute atomic E-state index is 0.0644. The molecule has 1 saturated carbocycles. The predicted molar refractivity (Wildman–Crippen MR) is 63.2 cm³/mol. The first-order valence-electron chi connectivity index (χ1n) is 5.81. The van der Waals surface area contributed by atoms with Crippen LogP contribution >= 0.6 is 11.3 Å². The number of hydrogen-bond acceptors (Lipinski definition) is 3. The summed E-state index contributed by atoms with van der Waals surface area (Å²) in [7, 11) is 0. The van der Waals surface area contributed by atoms with E-state index >= 15 is 0 Å². The fraction of sp³-hybridized carbons (Fsp3) is 0.750. The fourth-order valence-electron chi connectivity index (χ4n) is 2.58. The van der Waals surface area contributed by atoms with Crippen LogP contribution in [0.4, 0.5) is 0 Å². The lowest BCUT2D eigenvalue weighted by atomic mass is 9.78. The van der Waals surface area contributed by atoms with Crippen LogP contribution in [0.5, 0.6) is 0 Å². The largest absolute Gasteiger partial charge is 0.319 e. The highest BCUT2D eigenvalue weighted by atomic mass is 32.1. The molecule has 0 saturated heterocycles. The molecular formula is C12H18N2S. The van der Waals surface area contributed by atoms with E-state index in [-0.39, 0.29) is 11.0 Å². The molecule has 2 aliphatic carbocycles. The molecule has 1 aromatic heterocycles. The van der Waals surface area contributed by atoms with E-state index in [2.05, 4.69) is 13.8 Å². The van der Waals surface area contributed by atoms with Gasteiger partial charge in [-0.1, -0.05) is 13.8 Å². The van der Waals surface area contributed by atoms with Crippen LogP contribution in [0.1, 0.15) is 55.1 Å². The SMILES string of the molecule is CC1(C)CCc2sc(C3(N)CCC3)nc21. The van der Waals surface area contributed by atoms with Crippen molar-refractivity contribution in [3.05, 3.63) is 15.6 Å². The summed E-state index contributed by atoms with van der Waals surface area (Å²) in [6.45, 7) is 4.60. The van der Waals surface area contributed by atoms with Gasteiger partial charge in [0.05, 0.1) is 11.2 Å². The molecule has 1 aromatic rings. The second-order valence-electron chi connectivity index (χ2n) is 5.68. The van der Waals surface area contributed by atoms with Crippen LogP contribution in [0.2, 0.25) is 0 Å². The number of nitrogens with two attached hydrogens (primary N) is 1. The molecule has 2 N–H and O–H groups in total. The highest BCUT2D eigenvalue weighted by Crippen LogP contribution is 2.46. The lowest BCUT2D eigenvalue weighted by Gasteiger charge is -2.36. The van der Waals surface area contributed by atoms with Crippen LogP contribution in [0.15, 0.2) is 0 Å². The smallest absolute Gasteiger partial charge is 0.113 e. The van der Waals surface area contributed by atoms with Crippen LogP contribution in [-0.4, -0.2) is 4.98 Å². The molecule has 0 aliphatic heterocycles. The van der Waals surface area contributed by atoms with Crippen molar-refractivity contribution in [3.8, 4) is 0 Å². The zero-order valence-electron chi connectivity index (χ0n) is 9.47. The molecule has 1 fully saturated rings. The topological polar surface area (TPSA) is 38.9 Å². The van der Waals surface area contributed by atoms with Crippen LogP contribution in [0, 0.1) is 0 Å². The molecule has 3 heteroatoms. The Balaban J connectivity index is 2.01. The summed E-state index contributed by atoms with van der Waals surface area (Å²) in [4.78, 5) is 6.32. The Morgan fingerprint density at radius 2 is 2.00 bits per heavy atom. The van der Waals surface area contributed by atoms with Crippen molar-refractivity contribution in [1.82, 2.24) is 4.98 Å². The lowest BCUT2D eigenvalue weighted by Crippen LogP contribution is -2.43. The Hall–Kier alpha value is -0.410. The maximum absolute atomic E-state index is 6.32. The highest BCUT2D eigenvalue weighted by molar-refractivity contribution is 7.12. The molecule has 2 aliphatic rings. The van der Waals surface area contributed by atoms with E-state index in [0.717, 1.165) is 12.8 Å². The van der Waals surface area contributed by atoms with Crippen molar-refractivity contribution in [2.24, 2.45) is 5.73 Å². The van der Waals surface area contributed by atoms with E-state index < -0.39 is 0 Å². The highest BCUT2D eigenvalue weighted by Gasteiger charge is 2.41. The summed E-state index contributed by atoms with van der Waals surface area (Å²) in [5, 5.41) is 1.20. The molecular weight excluding hydrogens is 204 g/mol. The van der Waals surface area contributed by atoms with E-state index in [9.17, 15) is 0 Å². The Labute approximate surface area is 94.9 Å². The Morgan fingerprint density at radius 3 is 2.53 bits per heavy atom. The van der Waals surface area contributed by atoms with Gasteiger partial charge >= 0.3 is 0 Å². The van der Waals surface area contributed by atoms with E-state index in [1.807, 2.05) is 11.3 Å². The van der Waals surface area contributed by atoms with Crippen LogP contribution in [0.25, 0.3) is 0 Å². The predicted octanol–water partition coefficient (Wildman–Crippen LogP) is 2.70. The molecule has 1 heterocycles. The number of hydrogen-bond donors (Lipinski definition) is 1. The van der Waals surface area contributed by atoms with Gasteiger partial charge in [0.1, 0.15) is 5.01 Å². The first-order chi connectivity index (χ1) is 7.01. The molecule has 15 heavy (non-hydrogen) atoms. The monoisotopic (exact) mass is 222 g/mol. The van der Waals surface area contributed by atoms with E-state index in [0.29, 0.717) is 0 Å². The van der Waals surface area contributed by atoms with Gasteiger partial charge in [-0.2, -0.15) is 0 Å². The van der Waals surface area contributed by atoms with Gasteiger partial charge in [-0.25, -0.2) is 4.98 Å². The third-order valence-electron chi connectivity index (χ3n) is 3.99. The Bertz CT molecular complexity index is 402. The maximum Gasteiger partial charge on any atom is 0.113 e. The van der Waals surface area contributed by atoms with Crippen molar-refractivity contribution in [2.45, 2.75) is 56.9 Å². The number of thiazole rings is 1. The minimum Gasteiger partial charge on any atom is -0.319 e. The van der Waals surface area contributed by atoms with E-state index in [1.54, 1.807) is 0 Å². The van der Waals surface area contributed by atoms with Crippen molar-refractivity contribution in [3.63, 3.8) is 0 Å². The summed E-state index contributed by atoms with van der Waals surface area (Å²) in [6.07, 6.45) is 5.97. The van der Waals surface area contributed by atoms with Gasteiger partial charge in [0.2, 0.25) is 0 Å². The summed E-state index contributed by atoms with van der Waals surface area (Å²) < 4.78 is 0. The summed E-state index contributed by atoms with van der Waals surface area (Å²) in [5.41, 5.74) is 7.87. The molecule has 0 aromatic carbocycles. The molecule has 0 amide bonds. The molecule has 0 spiro atoms. The van der Waals surface area contributed by atoms with Crippen molar-refractivity contribution in [2.75, 3.05) is 0 Å². The van der Waals surface area contributed by atoms with Crippen molar-refractivity contribution in [1.29, 1.82) is 0 Å². The molecule has 3 rings (SSSR count).